The average molecular weight is 285 g/mol. The summed E-state index contributed by atoms with van der Waals surface area (Å²) in [6.45, 7) is 0.210. The Morgan fingerprint density at radius 2 is 1.90 bits per heavy atom. The van der Waals surface area contributed by atoms with Gasteiger partial charge in [0.1, 0.15) is 0 Å². The number of rotatable bonds is 6. The smallest absolute Gasteiger partial charge is 0.335 e. The number of nitrogens with one attached hydrogen (secondary N) is 1. The predicted molar refractivity (Wildman–Crippen MR) is 75.6 cm³/mol. The van der Waals surface area contributed by atoms with Gasteiger partial charge in [-0.15, -0.1) is 0 Å². The standard InChI is InChI=1S/C15H15N3O3/c19-14(5-4-12-3-1-2-7-16-12)18-10-13-9-11(15(20)21)6-8-17-13/h1-3,6-9H,4-5,10H2,(H,18,19)(H,20,21). The number of carboxylic acid groups (broad SMARTS) is 1. The summed E-state index contributed by atoms with van der Waals surface area (Å²) in [6, 6.07) is 8.42. The van der Waals surface area contributed by atoms with Gasteiger partial charge in [0.05, 0.1) is 17.8 Å². The normalized spacial score (nSPS) is 10.1. The largest absolute Gasteiger partial charge is 0.478 e. The molecule has 0 atom stereocenters. The van der Waals surface area contributed by atoms with Crippen LogP contribution in [0.3, 0.4) is 0 Å². The Balaban J connectivity index is 1.81. The number of carbonyl (C=O) groups excluding carboxylic acids is 1. The first-order valence-corrected chi connectivity index (χ1v) is 6.50. The van der Waals surface area contributed by atoms with Crippen LogP contribution in [0.2, 0.25) is 0 Å². The van der Waals surface area contributed by atoms with Crippen molar-refractivity contribution in [2.45, 2.75) is 19.4 Å². The second kappa shape index (κ2) is 7.14. The van der Waals surface area contributed by atoms with E-state index in [4.69, 9.17) is 5.11 Å². The Hall–Kier alpha value is -2.76. The number of hydrogen-bond donors (Lipinski definition) is 2. The van der Waals surface area contributed by atoms with E-state index in [2.05, 4.69) is 15.3 Å². The minimum atomic E-state index is -1.01. The Morgan fingerprint density at radius 1 is 1.10 bits per heavy atom. The number of aryl methyl sites for hydroxylation is 1. The highest BCUT2D eigenvalue weighted by Crippen LogP contribution is 2.02. The van der Waals surface area contributed by atoms with E-state index >= 15 is 0 Å². The van der Waals surface area contributed by atoms with Gasteiger partial charge in [-0.25, -0.2) is 4.79 Å². The molecule has 2 aromatic rings. The van der Waals surface area contributed by atoms with Crippen LogP contribution in [-0.4, -0.2) is 27.0 Å². The maximum absolute atomic E-state index is 11.7. The van der Waals surface area contributed by atoms with Crippen LogP contribution in [0.25, 0.3) is 0 Å². The summed E-state index contributed by atoms with van der Waals surface area (Å²) in [6.07, 6.45) is 4.00. The zero-order valence-electron chi connectivity index (χ0n) is 11.3. The van der Waals surface area contributed by atoms with E-state index in [0.717, 1.165) is 5.69 Å². The van der Waals surface area contributed by atoms with Crippen molar-refractivity contribution < 1.29 is 14.7 Å². The summed E-state index contributed by atoms with van der Waals surface area (Å²) in [5, 5.41) is 11.6. The lowest BCUT2D eigenvalue weighted by atomic mass is 10.2. The zero-order valence-corrected chi connectivity index (χ0v) is 11.3. The molecule has 0 spiro atoms. The van der Waals surface area contributed by atoms with Crippen LogP contribution < -0.4 is 5.32 Å². The van der Waals surface area contributed by atoms with Crippen molar-refractivity contribution in [3.05, 3.63) is 59.7 Å². The van der Waals surface area contributed by atoms with Gasteiger partial charge in [-0.05, 0) is 30.7 Å². The van der Waals surface area contributed by atoms with Gasteiger partial charge in [-0.1, -0.05) is 6.07 Å². The Kier molecular flexibility index (Phi) is 4.98. The van der Waals surface area contributed by atoms with E-state index in [1.807, 2.05) is 18.2 Å². The molecule has 21 heavy (non-hydrogen) atoms. The van der Waals surface area contributed by atoms with E-state index in [9.17, 15) is 9.59 Å². The van der Waals surface area contributed by atoms with E-state index in [1.54, 1.807) is 6.20 Å². The van der Waals surface area contributed by atoms with Crippen LogP contribution in [0.15, 0.2) is 42.7 Å². The van der Waals surface area contributed by atoms with Crippen molar-refractivity contribution in [1.29, 1.82) is 0 Å². The van der Waals surface area contributed by atoms with Crippen LogP contribution in [0.5, 0.6) is 0 Å². The molecule has 2 N–H and O–H groups in total. The summed E-state index contributed by atoms with van der Waals surface area (Å²) in [5.74, 6) is -1.14. The highest BCUT2D eigenvalue weighted by atomic mass is 16.4. The molecule has 1 amide bonds. The topological polar surface area (TPSA) is 92.2 Å². The highest BCUT2D eigenvalue weighted by Gasteiger charge is 2.06. The molecule has 2 rings (SSSR count). The van der Waals surface area contributed by atoms with Crippen molar-refractivity contribution in [2.75, 3.05) is 0 Å². The van der Waals surface area contributed by atoms with Crippen LogP contribution in [0.4, 0.5) is 0 Å². The van der Waals surface area contributed by atoms with Crippen molar-refractivity contribution in [2.24, 2.45) is 0 Å². The van der Waals surface area contributed by atoms with Gasteiger partial charge in [0.15, 0.2) is 0 Å². The molecule has 2 aromatic heterocycles. The van der Waals surface area contributed by atoms with Crippen LogP contribution in [0, 0.1) is 0 Å². The third-order valence-corrected chi connectivity index (χ3v) is 2.86. The predicted octanol–water partition coefficient (Wildman–Crippen LogP) is 1.42. The molecule has 0 saturated heterocycles. The summed E-state index contributed by atoms with van der Waals surface area (Å²) < 4.78 is 0. The van der Waals surface area contributed by atoms with Gasteiger partial charge in [-0.2, -0.15) is 0 Å². The van der Waals surface area contributed by atoms with Gasteiger partial charge in [0.25, 0.3) is 0 Å². The molecule has 0 aliphatic heterocycles. The third kappa shape index (κ3) is 4.68. The SMILES string of the molecule is O=C(CCc1ccccn1)NCc1cc(C(=O)O)ccn1. The number of pyridine rings is 2. The van der Waals surface area contributed by atoms with Gasteiger partial charge in [0.2, 0.25) is 5.91 Å². The number of carboxylic acids is 1. The van der Waals surface area contributed by atoms with Crippen molar-refractivity contribution >= 4 is 11.9 Å². The Bertz CT molecular complexity index is 629. The molecule has 0 aliphatic rings. The Labute approximate surface area is 121 Å². The molecule has 0 aromatic carbocycles. The van der Waals surface area contributed by atoms with E-state index in [0.29, 0.717) is 18.5 Å². The van der Waals surface area contributed by atoms with Crippen molar-refractivity contribution in [3.63, 3.8) is 0 Å². The lowest BCUT2D eigenvalue weighted by Gasteiger charge is -2.05. The fourth-order valence-electron chi connectivity index (χ4n) is 1.77. The zero-order chi connectivity index (χ0) is 15.1. The molecular formula is C15H15N3O3. The lowest BCUT2D eigenvalue weighted by Crippen LogP contribution is -2.23. The average Bonchev–Trinajstić information content (AvgIpc) is 2.52. The highest BCUT2D eigenvalue weighted by molar-refractivity contribution is 5.87. The maximum atomic E-state index is 11.7. The van der Waals surface area contributed by atoms with Gasteiger partial charge >= 0.3 is 5.97 Å². The second-order valence-corrected chi connectivity index (χ2v) is 4.44. The molecule has 108 valence electrons. The molecule has 0 aliphatic carbocycles. The summed E-state index contributed by atoms with van der Waals surface area (Å²) in [4.78, 5) is 30.7. The molecule has 0 fully saturated rings. The lowest BCUT2D eigenvalue weighted by molar-refractivity contribution is -0.121. The summed E-state index contributed by atoms with van der Waals surface area (Å²) in [7, 11) is 0. The Morgan fingerprint density at radius 3 is 2.62 bits per heavy atom. The summed E-state index contributed by atoms with van der Waals surface area (Å²) >= 11 is 0. The van der Waals surface area contributed by atoms with Crippen LogP contribution in [-0.2, 0) is 17.8 Å². The van der Waals surface area contributed by atoms with E-state index in [1.165, 1.54) is 18.3 Å². The number of carbonyl (C=O) groups is 2. The first kappa shape index (κ1) is 14.6. The monoisotopic (exact) mass is 285 g/mol. The first-order valence-electron chi connectivity index (χ1n) is 6.50. The molecule has 6 nitrogen and oxygen atoms in total. The van der Waals surface area contributed by atoms with Gasteiger partial charge in [-0.3, -0.25) is 14.8 Å². The number of aromatic carboxylic acids is 1. The molecule has 2 heterocycles. The second-order valence-electron chi connectivity index (χ2n) is 4.44. The number of nitrogens with zero attached hydrogens (tertiary/aromatic N) is 2. The first-order chi connectivity index (χ1) is 10.1. The van der Waals surface area contributed by atoms with Crippen LogP contribution in [0.1, 0.15) is 28.2 Å². The summed E-state index contributed by atoms with van der Waals surface area (Å²) in [5.41, 5.74) is 1.53. The van der Waals surface area contributed by atoms with Crippen molar-refractivity contribution in [3.8, 4) is 0 Å². The van der Waals surface area contributed by atoms with Crippen molar-refractivity contribution in [1.82, 2.24) is 15.3 Å². The fraction of sp³-hybridized carbons (Fsp3) is 0.200. The fourth-order valence-corrected chi connectivity index (χ4v) is 1.77. The van der Waals surface area contributed by atoms with Gasteiger partial charge in [0, 0.05) is 24.5 Å². The third-order valence-electron chi connectivity index (χ3n) is 2.86. The maximum Gasteiger partial charge on any atom is 0.335 e. The van der Waals surface area contributed by atoms with Crippen LogP contribution >= 0.6 is 0 Å². The molecule has 0 unspecified atom stereocenters. The molecule has 6 heteroatoms. The quantitative estimate of drug-likeness (QED) is 0.837. The number of hydrogen-bond acceptors (Lipinski definition) is 4. The minimum absolute atomic E-state index is 0.122. The molecule has 0 saturated carbocycles. The molecular weight excluding hydrogens is 270 g/mol. The van der Waals surface area contributed by atoms with E-state index < -0.39 is 5.97 Å². The number of amides is 1. The van der Waals surface area contributed by atoms with E-state index in [-0.39, 0.29) is 18.0 Å². The molecule has 0 bridgehead atoms. The van der Waals surface area contributed by atoms with Gasteiger partial charge < -0.3 is 10.4 Å². The molecule has 0 radical (unpaired) electrons. The minimum Gasteiger partial charge on any atom is -0.478 e. The number of aromatic nitrogens is 2.